The van der Waals surface area contributed by atoms with Gasteiger partial charge >= 0.3 is 5.97 Å². The first-order valence-corrected chi connectivity index (χ1v) is 15.4. The molecule has 40 heavy (non-hydrogen) atoms. The third-order valence-electron chi connectivity index (χ3n) is 7.41. The van der Waals surface area contributed by atoms with Crippen molar-refractivity contribution in [3.63, 3.8) is 0 Å². The molecular weight excluding hydrogens is 496 g/mol. The fraction of sp³-hybridized carbons (Fsp3) is 0.472. The van der Waals surface area contributed by atoms with E-state index in [-0.39, 0.29) is 5.56 Å². The van der Waals surface area contributed by atoms with Gasteiger partial charge in [0.1, 0.15) is 30.3 Å². The molecule has 3 rings (SSSR count). The van der Waals surface area contributed by atoms with E-state index in [4.69, 9.17) is 9.47 Å². The Morgan fingerprint density at radius 2 is 1.10 bits per heavy atom. The van der Waals surface area contributed by atoms with Gasteiger partial charge in [-0.15, -0.1) is 0 Å². The van der Waals surface area contributed by atoms with Crippen LogP contribution >= 0.6 is 0 Å². The van der Waals surface area contributed by atoms with Crippen molar-refractivity contribution in [2.45, 2.75) is 110 Å². The first-order valence-electron chi connectivity index (χ1n) is 15.4. The van der Waals surface area contributed by atoms with Crippen molar-refractivity contribution in [3.05, 3.63) is 95.1 Å². The molecule has 0 saturated heterocycles. The topological polar surface area (TPSA) is 55.8 Å². The van der Waals surface area contributed by atoms with E-state index >= 15 is 0 Å². The van der Waals surface area contributed by atoms with Crippen LogP contribution in [0.25, 0.3) is 0 Å². The van der Waals surface area contributed by atoms with Gasteiger partial charge in [0.05, 0.1) is 0 Å². The molecule has 1 N–H and O–H groups in total. The molecule has 0 fully saturated rings. The zero-order chi connectivity index (χ0) is 28.3. The first kappa shape index (κ1) is 31.3. The lowest BCUT2D eigenvalue weighted by molar-refractivity contribution is 0.0690. The predicted molar refractivity (Wildman–Crippen MR) is 164 cm³/mol. The Labute approximate surface area is 241 Å². The molecule has 216 valence electrons. The molecule has 0 saturated carbocycles. The highest BCUT2D eigenvalue weighted by Crippen LogP contribution is 2.32. The molecule has 0 aliphatic rings. The lowest BCUT2D eigenvalue weighted by atomic mass is 9.98. The minimum absolute atomic E-state index is 0.252. The molecular formula is C36H48O4. The maximum atomic E-state index is 12.4. The summed E-state index contributed by atoms with van der Waals surface area (Å²) in [6.45, 7) is 2.99. The van der Waals surface area contributed by atoms with Crippen molar-refractivity contribution in [3.8, 4) is 11.5 Å². The van der Waals surface area contributed by atoms with E-state index in [0.29, 0.717) is 31.1 Å². The number of carboxylic acid groups (broad SMARTS) is 1. The van der Waals surface area contributed by atoms with Gasteiger partial charge in [-0.25, -0.2) is 4.79 Å². The molecule has 0 aliphatic heterocycles. The normalized spacial score (nSPS) is 10.9. The van der Waals surface area contributed by atoms with Gasteiger partial charge in [-0.3, -0.25) is 0 Å². The van der Waals surface area contributed by atoms with Gasteiger partial charge in [-0.05, 0) is 35.6 Å². The maximum Gasteiger partial charge on any atom is 0.339 e. The Kier molecular flexibility index (Phi) is 14.8. The second-order valence-corrected chi connectivity index (χ2v) is 10.8. The Morgan fingerprint density at radius 1 is 0.625 bits per heavy atom. The standard InChI is InChI=1S/C36H48O4/c1-2-3-4-5-6-7-8-9-10-11-12-13-20-25-32-26-33(39-28-30-21-16-14-17-22-30)27-34(35(32)36(37)38)40-29-31-23-18-15-19-24-31/h14-19,21-24,26-27H,2-13,20,25,28-29H2,1H3,(H,37,38). The van der Waals surface area contributed by atoms with Crippen LogP contribution in [-0.4, -0.2) is 11.1 Å². The number of benzene rings is 3. The predicted octanol–water partition coefficient (Wildman–Crippen LogP) is 10.2. The zero-order valence-corrected chi connectivity index (χ0v) is 24.4. The summed E-state index contributed by atoms with van der Waals surface area (Å²) >= 11 is 0. The molecule has 0 atom stereocenters. The van der Waals surface area contributed by atoms with E-state index in [2.05, 4.69) is 6.92 Å². The van der Waals surface area contributed by atoms with Crippen LogP contribution in [-0.2, 0) is 19.6 Å². The van der Waals surface area contributed by atoms with E-state index < -0.39 is 5.97 Å². The van der Waals surface area contributed by atoms with Crippen LogP contribution in [0.4, 0.5) is 0 Å². The van der Waals surface area contributed by atoms with Crippen LogP contribution in [0.1, 0.15) is 117 Å². The Bertz CT molecular complexity index is 1090. The highest BCUT2D eigenvalue weighted by Gasteiger charge is 2.19. The van der Waals surface area contributed by atoms with Crippen molar-refractivity contribution >= 4 is 5.97 Å². The van der Waals surface area contributed by atoms with Crippen LogP contribution in [0.3, 0.4) is 0 Å². The molecule has 3 aromatic rings. The molecule has 0 aliphatic carbocycles. The van der Waals surface area contributed by atoms with Gasteiger partial charge in [0.25, 0.3) is 0 Å². The summed E-state index contributed by atoms with van der Waals surface area (Å²) in [5, 5.41) is 10.1. The average Bonchev–Trinajstić information content (AvgIpc) is 2.98. The summed E-state index contributed by atoms with van der Waals surface area (Å²) in [4.78, 5) is 12.4. The number of aryl methyl sites for hydroxylation is 1. The van der Waals surface area contributed by atoms with Crippen molar-refractivity contribution in [1.29, 1.82) is 0 Å². The molecule has 0 aromatic heterocycles. The molecule has 0 unspecified atom stereocenters. The number of carbonyl (C=O) groups is 1. The highest BCUT2D eigenvalue weighted by molar-refractivity contribution is 5.93. The van der Waals surface area contributed by atoms with Crippen LogP contribution < -0.4 is 9.47 Å². The minimum Gasteiger partial charge on any atom is -0.489 e. The minimum atomic E-state index is -0.956. The maximum absolute atomic E-state index is 12.4. The SMILES string of the molecule is CCCCCCCCCCCCCCCc1cc(OCc2ccccc2)cc(OCc2ccccc2)c1C(=O)O. The number of carboxylic acids is 1. The molecule has 4 heteroatoms. The summed E-state index contributed by atoms with van der Waals surface area (Å²) in [5.41, 5.74) is 3.09. The van der Waals surface area contributed by atoms with Gasteiger partial charge in [0.15, 0.2) is 0 Å². The molecule has 3 aromatic carbocycles. The van der Waals surface area contributed by atoms with Crippen molar-refractivity contribution in [2.24, 2.45) is 0 Å². The van der Waals surface area contributed by atoms with E-state index in [9.17, 15) is 9.90 Å². The second-order valence-electron chi connectivity index (χ2n) is 10.8. The molecule has 0 spiro atoms. The first-order chi connectivity index (χ1) is 19.7. The quantitative estimate of drug-likeness (QED) is 0.136. The summed E-state index contributed by atoms with van der Waals surface area (Å²) < 4.78 is 12.2. The van der Waals surface area contributed by atoms with Gasteiger partial charge in [0.2, 0.25) is 0 Å². The lowest BCUT2D eigenvalue weighted by Gasteiger charge is -2.16. The van der Waals surface area contributed by atoms with Gasteiger partial charge in [-0.2, -0.15) is 0 Å². The zero-order valence-electron chi connectivity index (χ0n) is 24.4. The number of ether oxygens (including phenoxy) is 2. The monoisotopic (exact) mass is 544 g/mol. The van der Waals surface area contributed by atoms with Crippen molar-refractivity contribution < 1.29 is 19.4 Å². The van der Waals surface area contributed by atoms with Crippen LogP contribution in [0, 0.1) is 0 Å². The fourth-order valence-electron chi connectivity index (χ4n) is 5.09. The average molecular weight is 545 g/mol. The number of hydrogen-bond donors (Lipinski definition) is 1. The van der Waals surface area contributed by atoms with Crippen LogP contribution in [0.2, 0.25) is 0 Å². The Hall–Kier alpha value is -3.27. The Morgan fingerprint density at radius 3 is 1.60 bits per heavy atom. The number of rotatable bonds is 21. The molecule has 0 amide bonds. The smallest absolute Gasteiger partial charge is 0.339 e. The van der Waals surface area contributed by atoms with Crippen LogP contribution in [0.15, 0.2) is 72.8 Å². The third-order valence-corrected chi connectivity index (χ3v) is 7.41. The third kappa shape index (κ3) is 11.9. The van der Waals surface area contributed by atoms with E-state index in [1.165, 1.54) is 70.6 Å². The van der Waals surface area contributed by atoms with Crippen molar-refractivity contribution in [1.82, 2.24) is 0 Å². The Balaban J connectivity index is 1.53. The molecule has 4 nitrogen and oxygen atoms in total. The van der Waals surface area contributed by atoms with Gasteiger partial charge in [0, 0.05) is 6.07 Å². The number of hydrogen-bond acceptors (Lipinski definition) is 3. The van der Waals surface area contributed by atoms with Gasteiger partial charge in [-0.1, -0.05) is 145 Å². The number of unbranched alkanes of at least 4 members (excludes halogenated alkanes) is 12. The molecule has 0 bridgehead atoms. The van der Waals surface area contributed by atoms with Gasteiger partial charge < -0.3 is 14.6 Å². The fourth-order valence-corrected chi connectivity index (χ4v) is 5.09. The van der Waals surface area contributed by atoms with E-state index in [0.717, 1.165) is 29.5 Å². The summed E-state index contributed by atoms with van der Waals surface area (Å²) in [5.74, 6) is 0.0515. The van der Waals surface area contributed by atoms with Crippen molar-refractivity contribution in [2.75, 3.05) is 0 Å². The highest BCUT2D eigenvalue weighted by atomic mass is 16.5. The van der Waals surface area contributed by atoms with E-state index in [1.54, 1.807) is 6.07 Å². The summed E-state index contributed by atoms with van der Waals surface area (Å²) in [6.07, 6.45) is 17.4. The molecule has 0 heterocycles. The second kappa shape index (κ2) is 18.9. The van der Waals surface area contributed by atoms with E-state index in [1.807, 2.05) is 66.7 Å². The number of aromatic carboxylic acids is 1. The summed E-state index contributed by atoms with van der Waals surface area (Å²) in [7, 11) is 0. The summed E-state index contributed by atoms with van der Waals surface area (Å²) in [6, 6.07) is 23.4. The lowest BCUT2D eigenvalue weighted by Crippen LogP contribution is -2.09. The van der Waals surface area contributed by atoms with Crippen LogP contribution in [0.5, 0.6) is 11.5 Å². The largest absolute Gasteiger partial charge is 0.489 e. The molecule has 0 radical (unpaired) electrons.